The molecule has 0 spiro atoms. The Balaban J connectivity index is 1.88. The number of hydrogen-bond donors (Lipinski definition) is 2. The summed E-state index contributed by atoms with van der Waals surface area (Å²) < 4.78 is 0. The van der Waals surface area contributed by atoms with Gasteiger partial charge in [0.1, 0.15) is 0 Å². The van der Waals surface area contributed by atoms with E-state index in [-0.39, 0.29) is 11.8 Å². The minimum Gasteiger partial charge on any atom is -0.399 e. The lowest BCUT2D eigenvalue weighted by molar-refractivity contribution is -0.119. The van der Waals surface area contributed by atoms with E-state index >= 15 is 0 Å². The first kappa shape index (κ1) is 19.3. The SMILES string of the molecule is CCC(C)C(=O)Nc1ncc(-c2ccc(N)cc2)nc1CC1CCCCC1. The average Bonchev–Trinajstić information content (AvgIpc) is 2.70. The van der Waals surface area contributed by atoms with E-state index in [1.54, 1.807) is 6.20 Å². The molecule has 5 nitrogen and oxygen atoms in total. The number of nitrogen functional groups attached to an aromatic ring is 1. The maximum absolute atomic E-state index is 12.4. The standard InChI is InChI=1S/C22H30N4O/c1-3-15(2)22(27)26-21-19(13-16-7-5-4-6-8-16)25-20(14-24-21)17-9-11-18(23)12-10-17/h9-12,14-16H,3-8,13,23H2,1-2H3,(H,24,26,27). The van der Waals surface area contributed by atoms with E-state index in [0.717, 1.165) is 35.5 Å². The highest BCUT2D eigenvalue weighted by atomic mass is 16.1. The Kier molecular flexibility index (Phi) is 6.43. The van der Waals surface area contributed by atoms with Crippen molar-refractivity contribution in [1.29, 1.82) is 0 Å². The second-order valence-corrected chi connectivity index (χ2v) is 7.68. The van der Waals surface area contributed by atoms with Gasteiger partial charge < -0.3 is 11.1 Å². The number of hydrogen-bond acceptors (Lipinski definition) is 4. The molecule has 27 heavy (non-hydrogen) atoms. The van der Waals surface area contributed by atoms with Crippen molar-refractivity contribution in [3.05, 3.63) is 36.2 Å². The summed E-state index contributed by atoms with van der Waals surface area (Å²) in [7, 11) is 0. The zero-order chi connectivity index (χ0) is 19.2. The highest BCUT2D eigenvalue weighted by molar-refractivity contribution is 5.91. The molecule has 5 heteroatoms. The van der Waals surface area contributed by atoms with Gasteiger partial charge in [0, 0.05) is 17.2 Å². The van der Waals surface area contributed by atoms with Crippen LogP contribution in [0, 0.1) is 11.8 Å². The number of carbonyl (C=O) groups excluding carboxylic acids is 1. The van der Waals surface area contributed by atoms with Crippen LogP contribution in [0.5, 0.6) is 0 Å². The molecule has 1 fully saturated rings. The summed E-state index contributed by atoms with van der Waals surface area (Å²) >= 11 is 0. The lowest BCUT2D eigenvalue weighted by Crippen LogP contribution is -2.22. The summed E-state index contributed by atoms with van der Waals surface area (Å²) in [6, 6.07) is 7.66. The molecular formula is C22H30N4O. The molecule has 144 valence electrons. The summed E-state index contributed by atoms with van der Waals surface area (Å²) in [4.78, 5) is 21.8. The lowest BCUT2D eigenvalue weighted by atomic mass is 9.86. The van der Waals surface area contributed by atoms with Crippen LogP contribution in [0.4, 0.5) is 11.5 Å². The molecule has 1 aromatic carbocycles. The fourth-order valence-electron chi connectivity index (χ4n) is 3.56. The zero-order valence-electron chi connectivity index (χ0n) is 16.4. The first-order chi connectivity index (χ1) is 13.1. The van der Waals surface area contributed by atoms with Crippen LogP contribution in [0.3, 0.4) is 0 Å². The highest BCUT2D eigenvalue weighted by Crippen LogP contribution is 2.29. The topological polar surface area (TPSA) is 80.9 Å². The van der Waals surface area contributed by atoms with Crippen molar-refractivity contribution in [2.75, 3.05) is 11.1 Å². The lowest BCUT2D eigenvalue weighted by Gasteiger charge is -2.22. The molecule has 3 rings (SSSR count). The third kappa shape index (κ3) is 5.06. The predicted octanol–water partition coefficient (Wildman–Crippen LogP) is 4.83. The predicted molar refractivity (Wildman–Crippen MR) is 110 cm³/mol. The van der Waals surface area contributed by atoms with Crippen LogP contribution >= 0.6 is 0 Å². The Morgan fingerprint density at radius 3 is 2.59 bits per heavy atom. The summed E-state index contributed by atoms with van der Waals surface area (Å²) in [6.45, 7) is 3.95. The molecule has 1 aromatic heterocycles. The van der Waals surface area contributed by atoms with Crippen LogP contribution in [0.2, 0.25) is 0 Å². The smallest absolute Gasteiger partial charge is 0.228 e. The van der Waals surface area contributed by atoms with Gasteiger partial charge in [-0.1, -0.05) is 58.1 Å². The number of nitrogens with two attached hydrogens (primary N) is 1. The second-order valence-electron chi connectivity index (χ2n) is 7.68. The number of anilines is 2. The molecule has 1 atom stereocenters. The van der Waals surface area contributed by atoms with Crippen molar-refractivity contribution in [1.82, 2.24) is 9.97 Å². The van der Waals surface area contributed by atoms with E-state index in [9.17, 15) is 4.79 Å². The zero-order valence-corrected chi connectivity index (χ0v) is 16.4. The summed E-state index contributed by atoms with van der Waals surface area (Å²) in [5.74, 6) is 1.21. The summed E-state index contributed by atoms with van der Waals surface area (Å²) in [5.41, 5.74) is 9.23. The molecule has 1 heterocycles. The minimum absolute atomic E-state index is 0.0110. The molecule has 0 radical (unpaired) electrons. The van der Waals surface area contributed by atoms with E-state index in [1.165, 1.54) is 32.1 Å². The molecule has 3 N–H and O–H groups in total. The number of rotatable bonds is 6. The van der Waals surface area contributed by atoms with Crippen molar-refractivity contribution in [2.45, 2.75) is 58.8 Å². The molecule has 0 aliphatic heterocycles. The van der Waals surface area contributed by atoms with Crippen molar-refractivity contribution in [3.8, 4) is 11.3 Å². The maximum atomic E-state index is 12.4. The molecule has 0 saturated heterocycles. The van der Waals surface area contributed by atoms with Crippen LogP contribution in [0.1, 0.15) is 58.1 Å². The van der Waals surface area contributed by atoms with Crippen LogP contribution in [-0.2, 0) is 11.2 Å². The molecule has 0 bridgehead atoms. The number of nitrogens with one attached hydrogen (secondary N) is 1. The van der Waals surface area contributed by atoms with Gasteiger partial charge in [-0.2, -0.15) is 0 Å². The Bertz CT molecular complexity index is 766. The molecule has 2 aromatic rings. The van der Waals surface area contributed by atoms with Crippen LogP contribution in [0.15, 0.2) is 30.5 Å². The van der Waals surface area contributed by atoms with Crippen LogP contribution in [0.25, 0.3) is 11.3 Å². The monoisotopic (exact) mass is 366 g/mol. The first-order valence-electron chi connectivity index (χ1n) is 10.1. The van der Waals surface area contributed by atoms with Crippen molar-refractivity contribution in [3.63, 3.8) is 0 Å². The van der Waals surface area contributed by atoms with Gasteiger partial charge in [-0.3, -0.25) is 4.79 Å². The first-order valence-corrected chi connectivity index (χ1v) is 10.1. The number of carbonyl (C=O) groups is 1. The fraction of sp³-hybridized carbons (Fsp3) is 0.500. The quantitative estimate of drug-likeness (QED) is 0.717. The molecule has 1 saturated carbocycles. The Hall–Kier alpha value is -2.43. The van der Waals surface area contributed by atoms with Gasteiger partial charge in [0.2, 0.25) is 5.91 Å². The molecule has 1 aliphatic rings. The van der Waals surface area contributed by atoms with E-state index in [4.69, 9.17) is 10.7 Å². The number of aromatic nitrogens is 2. The highest BCUT2D eigenvalue weighted by Gasteiger charge is 2.20. The summed E-state index contributed by atoms with van der Waals surface area (Å²) in [5, 5.41) is 3.01. The molecule has 1 amide bonds. The van der Waals surface area contributed by atoms with E-state index in [0.29, 0.717) is 11.7 Å². The maximum Gasteiger partial charge on any atom is 0.228 e. The minimum atomic E-state index is -0.0360. The second kappa shape index (κ2) is 8.98. The normalized spacial score (nSPS) is 16.1. The van der Waals surface area contributed by atoms with Gasteiger partial charge in [-0.25, -0.2) is 9.97 Å². The largest absolute Gasteiger partial charge is 0.399 e. The van der Waals surface area contributed by atoms with Crippen molar-refractivity contribution < 1.29 is 4.79 Å². The third-order valence-corrected chi connectivity index (χ3v) is 5.56. The number of nitrogens with zero attached hydrogens (tertiary/aromatic N) is 2. The Labute approximate surface area is 161 Å². The van der Waals surface area contributed by atoms with Crippen LogP contribution in [-0.4, -0.2) is 15.9 Å². The van der Waals surface area contributed by atoms with Gasteiger partial charge in [-0.05, 0) is 30.9 Å². The van der Waals surface area contributed by atoms with Gasteiger partial charge in [0.15, 0.2) is 5.82 Å². The van der Waals surface area contributed by atoms with Gasteiger partial charge >= 0.3 is 0 Å². The number of amides is 1. The van der Waals surface area contributed by atoms with E-state index < -0.39 is 0 Å². The molecule has 1 unspecified atom stereocenters. The third-order valence-electron chi connectivity index (χ3n) is 5.56. The Morgan fingerprint density at radius 1 is 1.22 bits per heavy atom. The van der Waals surface area contributed by atoms with E-state index in [2.05, 4.69) is 10.3 Å². The fourth-order valence-corrected chi connectivity index (χ4v) is 3.56. The molecule has 1 aliphatic carbocycles. The summed E-state index contributed by atoms with van der Waals surface area (Å²) in [6.07, 6.45) is 9.76. The Morgan fingerprint density at radius 2 is 1.93 bits per heavy atom. The van der Waals surface area contributed by atoms with Crippen LogP contribution < -0.4 is 11.1 Å². The number of benzene rings is 1. The van der Waals surface area contributed by atoms with Gasteiger partial charge in [0.05, 0.1) is 17.6 Å². The van der Waals surface area contributed by atoms with Crippen molar-refractivity contribution >= 4 is 17.4 Å². The molecular weight excluding hydrogens is 336 g/mol. The van der Waals surface area contributed by atoms with E-state index in [1.807, 2.05) is 38.1 Å². The van der Waals surface area contributed by atoms with Gasteiger partial charge in [-0.15, -0.1) is 0 Å². The van der Waals surface area contributed by atoms with Crippen molar-refractivity contribution in [2.24, 2.45) is 11.8 Å². The average molecular weight is 367 g/mol. The van der Waals surface area contributed by atoms with Gasteiger partial charge in [0.25, 0.3) is 0 Å².